The molecule has 110 valence electrons. The molecule has 0 aliphatic rings. The van der Waals surface area contributed by atoms with E-state index in [1.165, 1.54) is 24.3 Å². The first-order valence-electron chi connectivity index (χ1n) is 6.85. The quantitative estimate of drug-likeness (QED) is 0.731. The number of hydrogen-bond acceptors (Lipinski definition) is 3. The summed E-state index contributed by atoms with van der Waals surface area (Å²) in [5.41, 5.74) is 0. The Kier molecular flexibility index (Phi) is 3.74. The smallest absolute Gasteiger partial charge is 0.171 e. The molecule has 0 amide bonds. The van der Waals surface area contributed by atoms with Crippen molar-refractivity contribution in [3.8, 4) is 11.5 Å². The number of hydrogen-bond donors (Lipinski definition) is 2. The highest BCUT2D eigenvalue weighted by Crippen LogP contribution is 2.42. The SMILES string of the molecule is O=P(c1ccccc1)(c1ccc(O)cc1)c1ccc(O)cc1. The number of phenols is 2. The van der Waals surface area contributed by atoms with E-state index in [2.05, 4.69) is 0 Å². The Bertz CT molecular complexity index is 760. The average molecular weight is 310 g/mol. The molecule has 0 radical (unpaired) electrons. The van der Waals surface area contributed by atoms with Crippen molar-refractivity contribution in [3.63, 3.8) is 0 Å². The Morgan fingerprint density at radius 2 is 0.909 bits per heavy atom. The Balaban J connectivity index is 2.25. The molecule has 0 saturated heterocycles. The third-order valence-electron chi connectivity index (χ3n) is 3.55. The lowest BCUT2D eigenvalue weighted by Crippen LogP contribution is -2.24. The molecule has 22 heavy (non-hydrogen) atoms. The summed E-state index contributed by atoms with van der Waals surface area (Å²) >= 11 is 0. The maximum atomic E-state index is 13.9. The first-order chi connectivity index (χ1) is 10.6. The van der Waals surface area contributed by atoms with Crippen molar-refractivity contribution in [2.24, 2.45) is 0 Å². The van der Waals surface area contributed by atoms with Gasteiger partial charge in [0.15, 0.2) is 7.14 Å². The molecule has 4 heteroatoms. The van der Waals surface area contributed by atoms with Crippen molar-refractivity contribution in [1.82, 2.24) is 0 Å². The van der Waals surface area contributed by atoms with E-state index < -0.39 is 7.14 Å². The maximum Gasteiger partial charge on any atom is 0.171 e. The fourth-order valence-electron chi connectivity index (χ4n) is 2.41. The second-order valence-corrected chi connectivity index (χ2v) is 7.75. The highest BCUT2D eigenvalue weighted by molar-refractivity contribution is 7.85. The van der Waals surface area contributed by atoms with E-state index in [-0.39, 0.29) is 11.5 Å². The maximum absolute atomic E-state index is 13.9. The van der Waals surface area contributed by atoms with Crippen molar-refractivity contribution >= 4 is 23.1 Å². The van der Waals surface area contributed by atoms with Crippen LogP contribution < -0.4 is 15.9 Å². The van der Waals surface area contributed by atoms with Gasteiger partial charge in [0.25, 0.3) is 0 Å². The van der Waals surface area contributed by atoms with E-state index >= 15 is 0 Å². The summed E-state index contributed by atoms with van der Waals surface area (Å²) in [5, 5.41) is 21.0. The highest BCUT2D eigenvalue weighted by Gasteiger charge is 2.29. The van der Waals surface area contributed by atoms with Crippen LogP contribution in [0.15, 0.2) is 78.9 Å². The summed E-state index contributed by atoms with van der Waals surface area (Å²) in [5.74, 6) is 0.267. The average Bonchev–Trinajstić information content (AvgIpc) is 2.56. The van der Waals surface area contributed by atoms with Gasteiger partial charge >= 0.3 is 0 Å². The van der Waals surface area contributed by atoms with Crippen molar-refractivity contribution < 1.29 is 14.8 Å². The van der Waals surface area contributed by atoms with Crippen LogP contribution in [0.4, 0.5) is 0 Å². The Hall–Kier alpha value is -2.51. The minimum atomic E-state index is -3.04. The highest BCUT2D eigenvalue weighted by atomic mass is 31.2. The van der Waals surface area contributed by atoms with Crippen LogP contribution in [-0.2, 0) is 4.57 Å². The molecule has 0 spiro atoms. The summed E-state index contributed by atoms with van der Waals surface area (Å²) in [4.78, 5) is 0. The lowest BCUT2D eigenvalue weighted by atomic mass is 10.3. The second-order valence-electron chi connectivity index (χ2n) is 4.98. The number of phenolic OH excluding ortho intramolecular Hbond substituents is 2. The predicted molar refractivity (Wildman–Crippen MR) is 89.2 cm³/mol. The molecule has 2 N–H and O–H groups in total. The van der Waals surface area contributed by atoms with Gasteiger partial charge in [0.1, 0.15) is 11.5 Å². The van der Waals surface area contributed by atoms with E-state index in [1.807, 2.05) is 30.3 Å². The van der Waals surface area contributed by atoms with Crippen molar-refractivity contribution in [3.05, 3.63) is 78.9 Å². The zero-order chi connectivity index (χ0) is 15.6. The third kappa shape index (κ3) is 2.51. The van der Waals surface area contributed by atoms with Gasteiger partial charge in [-0.15, -0.1) is 0 Å². The van der Waals surface area contributed by atoms with E-state index in [9.17, 15) is 14.8 Å². The van der Waals surface area contributed by atoms with E-state index in [1.54, 1.807) is 24.3 Å². The molecule has 3 aromatic carbocycles. The number of rotatable bonds is 3. The van der Waals surface area contributed by atoms with Gasteiger partial charge in [0, 0.05) is 15.9 Å². The van der Waals surface area contributed by atoms with Gasteiger partial charge in [-0.3, -0.25) is 0 Å². The van der Waals surface area contributed by atoms with Gasteiger partial charge in [-0.05, 0) is 48.5 Å². The van der Waals surface area contributed by atoms with Crippen LogP contribution in [0.3, 0.4) is 0 Å². The summed E-state index contributed by atoms with van der Waals surface area (Å²) in [6, 6.07) is 22.1. The van der Waals surface area contributed by atoms with Crippen molar-refractivity contribution in [2.45, 2.75) is 0 Å². The van der Waals surface area contributed by atoms with Gasteiger partial charge in [-0.2, -0.15) is 0 Å². The van der Waals surface area contributed by atoms with Crippen LogP contribution in [0.5, 0.6) is 11.5 Å². The standard InChI is InChI=1S/C18H15O3P/c19-14-6-10-17(11-7-14)22(21,16-4-2-1-3-5-16)18-12-8-15(20)9-13-18/h1-13,19-20H. The van der Waals surface area contributed by atoms with Gasteiger partial charge in [-0.25, -0.2) is 0 Å². The lowest BCUT2D eigenvalue weighted by Gasteiger charge is -2.20. The summed E-state index contributed by atoms with van der Waals surface area (Å²) in [7, 11) is -3.04. The molecule has 0 atom stereocenters. The zero-order valence-electron chi connectivity index (χ0n) is 11.8. The molecule has 0 aliphatic carbocycles. The third-order valence-corrected chi connectivity index (χ3v) is 6.62. The number of aromatic hydroxyl groups is 2. The molecule has 0 aromatic heterocycles. The van der Waals surface area contributed by atoms with Crippen LogP contribution in [-0.4, -0.2) is 10.2 Å². The van der Waals surface area contributed by atoms with E-state index in [0.717, 1.165) is 0 Å². The van der Waals surface area contributed by atoms with Gasteiger partial charge in [0.05, 0.1) is 0 Å². The van der Waals surface area contributed by atoms with Gasteiger partial charge < -0.3 is 14.8 Å². The van der Waals surface area contributed by atoms with Crippen LogP contribution >= 0.6 is 7.14 Å². The molecule has 0 bridgehead atoms. The molecule has 3 rings (SSSR count). The largest absolute Gasteiger partial charge is 0.508 e. The van der Waals surface area contributed by atoms with Crippen molar-refractivity contribution in [2.75, 3.05) is 0 Å². The fourth-order valence-corrected chi connectivity index (χ4v) is 5.03. The summed E-state index contributed by atoms with van der Waals surface area (Å²) in [6.45, 7) is 0. The topological polar surface area (TPSA) is 57.5 Å². The number of benzene rings is 3. The Morgan fingerprint density at radius 1 is 0.545 bits per heavy atom. The van der Waals surface area contributed by atoms with Gasteiger partial charge in [0.2, 0.25) is 0 Å². The molecule has 0 heterocycles. The normalized spacial score (nSPS) is 11.3. The fraction of sp³-hybridized carbons (Fsp3) is 0. The summed E-state index contributed by atoms with van der Waals surface area (Å²) in [6.07, 6.45) is 0. The zero-order valence-corrected chi connectivity index (χ0v) is 12.6. The Labute approximate surface area is 128 Å². The lowest BCUT2D eigenvalue weighted by molar-refractivity contribution is 0.475. The molecule has 0 unspecified atom stereocenters. The minimum absolute atomic E-state index is 0.133. The van der Waals surface area contributed by atoms with Gasteiger partial charge in [-0.1, -0.05) is 30.3 Å². The first kappa shape index (κ1) is 14.4. The monoisotopic (exact) mass is 310 g/mol. The van der Waals surface area contributed by atoms with E-state index in [4.69, 9.17) is 0 Å². The van der Waals surface area contributed by atoms with E-state index in [0.29, 0.717) is 15.9 Å². The second kappa shape index (κ2) is 5.70. The van der Waals surface area contributed by atoms with Crippen LogP contribution in [0.2, 0.25) is 0 Å². The first-order valence-corrected chi connectivity index (χ1v) is 8.56. The molecule has 0 aliphatic heterocycles. The van der Waals surface area contributed by atoms with Crippen LogP contribution in [0, 0.1) is 0 Å². The van der Waals surface area contributed by atoms with Crippen molar-refractivity contribution in [1.29, 1.82) is 0 Å². The molecular weight excluding hydrogens is 295 g/mol. The molecule has 0 saturated carbocycles. The van der Waals surface area contributed by atoms with Crippen LogP contribution in [0.1, 0.15) is 0 Å². The van der Waals surface area contributed by atoms with Crippen LogP contribution in [0.25, 0.3) is 0 Å². The Morgan fingerprint density at radius 3 is 1.32 bits per heavy atom. The molecule has 3 aromatic rings. The molecule has 0 fully saturated rings. The predicted octanol–water partition coefficient (Wildman–Crippen LogP) is 2.74. The molecule has 3 nitrogen and oxygen atoms in total. The molecular formula is C18H15O3P. The summed E-state index contributed by atoms with van der Waals surface area (Å²) < 4.78 is 13.9. The minimum Gasteiger partial charge on any atom is -0.508 e.